The summed E-state index contributed by atoms with van der Waals surface area (Å²) >= 11 is 1.49. The second-order valence-corrected chi connectivity index (χ2v) is 9.03. The summed E-state index contributed by atoms with van der Waals surface area (Å²) in [5, 5.41) is 3.53. The molecule has 1 atom stereocenters. The molecule has 0 spiro atoms. The van der Waals surface area contributed by atoms with Crippen LogP contribution in [0.5, 0.6) is 0 Å². The lowest BCUT2D eigenvalue weighted by atomic mass is 10.1. The summed E-state index contributed by atoms with van der Waals surface area (Å²) in [6.07, 6.45) is 4.48. The number of hydrogen-bond donors (Lipinski definition) is 1. The van der Waals surface area contributed by atoms with Gasteiger partial charge >= 0.3 is 5.69 Å². The molecule has 1 amide bonds. The number of aryl methyl sites for hydroxylation is 3. The van der Waals surface area contributed by atoms with Gasteiger partial charge in [0.05, 0.1) is 11.1 Å². The summed E-state index contributed by atoms with van der Waals surface area (Å²) in [6, 6.07) is 7.52. The summed E-state index contributed by atoms with van der Waals surface area (Å²) in [7, 11) is 0. The smallest absolute Gasteiger partial charge is 0.337 e. The van der Waals surface area contributed by atoms with Crippen molar-refractivity contribution in [2.45, 2.75) is 65.5 Å². The van der Waals surface area contributed by atoms with Gasteiger partial charge in [0.25, 0.3) is 5.56 Å². The molecule has 0 aliphatic heterocycles. The Hall–Kier alpha value is -2.67. The minimum Gasteiger partial charge on any atom is -0.352 e. The zero-order valence-corrected chi connectivity index (χ0v) is 18.5. The molecule has 0 unspecified atom stereocenters. The third-order valence-corrected chi connectivity index (χ3v) is 7.23. The van der Waals surface area contributed by atoms with Crippen LogP contribution in [0.2, 0.25) is 0 Å². The number of fused-ring (bicyclic) bond motifs is 3. The minimum atomic E-state index is -0.462. The van der Waals surface area contributed by atoms with Crippen LogP contribution in [-0.2, 0) is 30.6 Å². The van der Waals surface area contributed by atoms with Gasteiger partial charge in [-0.15, -0.1) is 11.3 Å². The summed E-state index contributed by atoms with van der Waals surface area (Å²) in [4.78, 5) is 41.3. The first kappa shape index (κ1) is 20.6. The predicted octanol–water partition coefficient (Wildman–Crippen LogP) is 3.18. The number of nitrogens with one attached hydrogen (secondary N) is 1. The van der Waals surface area contributed by atoms with Crippen molar-refractivity contribution in [1.82, 2.24) is 14.5 Å². The highest BCUT2D eigenvalue weighted by molar-refractivity contribution is 7.19. The SMILES string of the molecule is CCc1ccc(-n2c(=O)c3c4c(sc3n(CC(=O)N[C@H](C)CC)c2=O)CCC4)cc1. The Bertz CT molecular complexity index is 1220. The van der Waals surface area contributed by atoms with Gasteiger partial charge in [-0.2, -0.15) is 0 Å². The van der Waals surface area contributed by atoms with E-state index in [1.54, 1.807) is 0 Å². The molecule has 2 aromatic heterocycles. The minimum absolute atomic E-state index is 0.0320. The Labute approximate surface area is 179 Å². The summed E-state index contributed by atoms with van der Waals surface area (Å²) in [6.45, 7) is 5.91. The Morgan fingerprint density at radius 1 is 1.17 bits per heavy atom. The van der Waals surface area contributed by atoms with Gasteiger partial charge in [0.2, 0.25) is 5.91 Å². The zero-order valence-electron chi connectivity index (χ0n) is 17.7. The van der Waals surface area contributed by atoms with E-state index in [0.717, 1.165) is 48.1 Å². The second-order valence-electron chi connectivity index (χ2n) is 7.94. The molecule has 0 saturated heterocycles. The van der Waals surface area contributed by atoms with Gasteiger partial charge in [0, 0.05) is 10.9 Å². The monoisotopic (exact) mass is 425 g/mol. The van der Waals surface area contributed by atoms with E-state index in [1.165, 1.54) is 20.5 Å². The lowest BCUT2D eigenvalue weighted by molar-refractivity contribution is -0.122. The summed E-state index contributed by atoms with van der Waals surface area (Å²) in [5.41, 5.74) is 1.99. The van der Waals surface area contributed by atoms with Crippen LogP contribution >= 0.6 is 11.3 Å². The highest BCUT2D eigenvalue weighted by Gasteiger charge is 2.26. The van der Waals surface area contributed by atoms with Gasteiger partial charge in [-0.25, -0.2) is 9.36 Å². The molecule has 0 fully saturated rings. The topological polar surface area (TPSA) is 73.1 Å². The molecule has 7 heteroatoms. The van der Waals surface area contributed by atoms with E-state index >= 15 is 0 Å². The van der Waals surface area contributed by atoms with Crippen molar-refractivity contribution in [2.75, 3.05) is 0 Å². The van der Waals surface area contributed by atoms with Gasteiger partial charge in [-0.3, -0.25) is 14.2 Å². The van der Waals surface area contributed by atoms with Crippen molar-refractivity contribution >= 4 is 27.5 Å². The standard InChI is InChI=1S/C23H27N3O3S/c1-4-14(3)24-19(27)13-25-22-20(17-7-6-8-18(17)30-22)21(28)26(23(25)29)16-11-9-15(5-2)10-12-16/h9-12,14H,4-8,13H2,1-3H3,(H,24,27)/t14-/m1/s1. The molecular formula is C23H27N3O3S. The number of nitrogens with zero attached hydrogens (tertiary/aromatic N) is 2. The van der Waals surface area contributed by atoms with E-state index in [-0.39, 0.29) is 24.1 Å². The van der Waals surface area contributed by atoms with Gasteiger partial charge in [-0.1, -0.05) is 26.0 Å². The van der Waals surface area contributed by atoms with Gasteiger partial charge in [-0.05, 0) is 62.3 Å². The average Bonchev–Trinajstić information content (AvgIpc) is 3.33. The third kappa shape index (κ3) is 3.51. The van der Waals surface area contributed by atoms with Crippen LogP contribution in [0.3, 0.4) is 0 Å². The summed E-state index contributed by atoms with van der Waals surface area (Å²) in [5.74, 6) is -0.215. The Morgan fingerprint density at radius 3 is 2.57 bits per heavy atom. The van der Waals surface area contributed by atoms with Crippen molar-refractivity contribution in [2.24, 2.45) is 0 Å². The molecule has 6 nitrogen and oxygen atoms in total. The number of hydrogen-bond acceptors (Lipinski definition) is 4. The highest BCUT2D eigenvalue weighted by atomic mass is 32.1. The van der Waals surface area contributed by atoms with Crippen molar-refractivity contribution < 1.29 is 4.79 Å². The molecule has 3 aromatic rings. The van der Waals surface area contributed by atoms with Crippen LogP contribution < -0.4 is 16.6 Å². The Morgan fingerprint density at radius 2 is 1.90 bits per heavy atom. The Kier molecular flexibility index (Phi) is 5.64. The number of rotatable bonds is 6. The lowest BCUT2D eigenvalue weighted by Crippen LogP contribution is -2.42. The molecule has 0 saturated carbocycles. The number of carbonyl (C=O) groups excluding carboxylic acids is 1. The van der Waals surface area contributed by atoms with Crippen LogP contribution in [-0.4, -0.2) is 21.1 Å². The van der Waals surface area contributed by atoms with Crippen molar-refractivity contribution in [3.8, 4) is 5.69 Å². The lowest BCUT2D eigenvalue weighted by Gasteiger charge is -2.15. The largest absolute Gasteiger partial charge is 0.352 e. The van der Waals surface area contributed by atoms with Gasteiger partial charge in [0.1, 0.15) is 11.4 Å². The molecule has 30 heavy (non-hydrogen) atoms. The Balaban J connectivity index is 1.92. The van der Waals surface area contributed by atoms with E-state index in [9.17, 15) is 14.4 Å². The number of carbonyl (C=O) groups is 1. The van der Waals surface area contributed by atoms with E-state index in [2.05, 4.69) is 12.2 Å². The van der Waals surface area contributed by atoms with E-state index in [1.807, 2.05) is 38.1 Å². The fraction of sp³-hybridized carbons (Fsp3) is 0.435. The molecule has 0 bridgehead atoms. The maximum Gasteiger partial charge on any atom is 0.337 e. The molecule has 1 aliphatic rings. The third-order valence-electron chi connectivity index (χ3n) is 5.91. The molecular weight excluding hydrogens is 398 g/mol. The summed E-state index contributed by atoms with van der Waals surface area (Å²) < 4.78 is 2.70. The van der Waals surface area contributed by atoms with Crippen molar-refractivity contribution in [1.29, 1.82) is 0 Å². The van der Waals surface area contributed by atoms with Crippen molar-refractivity contribution in [3.05, 3.63) is 61.1 Å². The number of aromatic nitrogens is 2. The number of amides is 1. The van der Waals surface area contributed by atoms with Crippen LogP contribution in [0.15, 0.2) is 33.9 Å². The van der Waals surface area contributed by atoms with Crippen LogP contribution in [0, 0.1) is 0 Å². The van der Waals surface area contributed by atoms with Crippen LogP contribution in [0.4, 0.5) is 0 Å². The quantitative estimate of drug-likeness (QED) is 0.659. The normalized spacial score (nSPS) is 14.1. The molecule has 1 aromatic carbocycles. The first-order chi connectivity index (χ1) is 14.4. The maximum atomic E-state index is 13.4. The van der Waals surface area contributed by atoms with Gasteiger partial charge in [0.15, 0.2) is 0 Å². The fourth-order valence-corrected chi connectivity index (χ4v) is 5.39. The molecule has 1 N–H and O–H groups in total. The number of benzene rings is 1. The van der Waals surface area contributed by atoms with E-state index in [4.69, 9.17) is 0 Å². The number of thiophene rings is 1. The molecule has 158 valence electrons. The van der Waals surface area contributed by atoms with Crippen LogP contribution in [0.1, 0.15) is 49.6 Å². The van der Waals surface area contributed by atoms with Gasteiger partial charge < -0.3 is 5.32 Å². The molecule has 2 heterocycles. The average molecular weight is 426 g/mol. The second kappa shape index (κ2) is 8.22. The first-order valence-electron chi connectivity index (χ1n) is 10.6. The fourth-order valence-electron chi connectivity index (χ4n) is 4.02. The van der Waals surface area contributed by atoms with Crippen LogP contribution in [0.25, 0.3) is 15.9 Å². The molecule has 0 radical (unpaired) electrons. The molecule has 4 rings (SSSR count). The van der Waals surface area contributed by atoms with Crippen molar-refractivity contribution in [3.63, 3.8) is 0 Å². The van der Waals surface area contributed by atoms with E-state index < -0.39 is 5.69 Å². The molecule has 1 aliphatic carbocycles. The van der Waals surface area contributed by atoms with E-state index in [0.29, 0.717) is 15.9 Å². The highest BCUT2D eigenvalue weighted by Crippen LogP contribution is 2.35. The maximum absolute atomic E-state index is 13.4. The first-order valence-corrected chi connectivity index (χ1v) is 11.4. The predicted molar refractivity (Wildman–Crippen MR) is 121 cm³/mol. The zero-order chi connectivity index (χ0) is 21.4.